The van der Waals surface area contributed by atoms with Gasteiger partial charge >= 0.3 is 0 Å². The molecular weight excluding hydrogens is 276 g/mol. The van der Waals surface area contributed by atoms with Gasteiger partial charge in [-0.2, -0.15) is 10.5 Å². The van der Waals surface area contributed by atoms with Crippen LogP contribution >= 0.6 is 11.6 Å². The minimum absolute atomic E-state index is 0.0241. The van der Waals surface area contributed by atoms with Crippen LogP contribution in [0.25, 0.3) is 0 Å². The molecule has 0 spiro atoms. The number of carbonyl (C=O) groups is 1. The SMILES string of the molecule is N#C/C(=C/Nc1ccc(C#N)cc1)C(=O)NCCCCl. The fraction of sp³-hybridized carbons (Fsp3) is 0.214. The number of amides is 1. The highest BCUT2D eigenvalue weighted by atomic mass is 35.5. The highest BCUT2D eigenvalue weighted by molar-refractivity contribution is 6.17. The number of carbonyl (C=O) groups excluding carboxylic acids is 1. The molecule has 2 N–H and O–H groups in total. The highest BCUT2D eigenvalue weighted by Gasteiger charge is 2.07. The lowest BCUT2D eigenvalue weighted by molar-refractivity contribution is -0.117. The summed E-state index contributed by atoms with van der Waals surface area (Å²) in [6, 6.07) is 10.5. The number of nitrogens with one attached hydrogen (secondary N) is 2. The van der Waals surface area contributed by atoms with E-state index in [9.17, 15) is 4.79 Å². The molecule has 0 saturated heterocycles. The Morgan fingerprint density at radius 3 is 2.55 bits per heavy atom. The fourth-order valence-corrected chi connectivity index (χ4v) is 1.44. The lowest BCUT2D eigenvalue weighted by Gasteiger charge is -2.04. The molecular formula is C14H13ClN4O. The van der Waals surface area contributed by atoms with Crippen LogP contribution in [0.5, 0.6) is 0 Å². The molecule has 6 heteroatoms. The molecule has 0 unspecified atom stereocenters. The second-order valence-electron chi connectivity index (χ2n) is 3.80. The summed E-state index contributed by atoms with van der Waals surface area (Å²) in [6.45, 7) is 0.429. The number of alkyl halides is 1. The third-order valence-corrected chi connectivity index (χ3v) is 2.63. The van der Waals surface area contributed by atoms with Gasteiger partial charge in [0.2, 0.25) is 0 Å². The van der Waals surface area contributed by atoms with Crippen LogP contribution in [0.3, 0.4) is 0 Å². The summed E-state index contributed by atoms with van der Waals surface area (Å²) in [5, 5.41) is 23.0. The van der Waals surface area contributed by atoms with Gasteiger partial charge in [-0.25, -0.2) is 0 Å². The number of benzene rings is 1. The van der Waals surface area contributed by atoms with Crippen molar-refractivity contribution in [3.05, 3.63) is 41.6 Å². The molecule has 0 heterocycles. The molecule has 102 valence electrons. The lowest BCUT2D eigenvalue weighted by Crippen LogP contribution is -2.26. The Morgan fingerprint density at radius 2 is 2.00 bits per heavy atom. The van der Waals surface area contributed by atoms with Crippen molar-refractivity contribution in [3.8, 4) is 12.1 Å². The van der Waals surface area contributed by atoms with E-state index in [2.05, 4.69) is 10.6 Å². The van der Waals surface area contributed by atoms with E-state index < -0.39 is 5.91 Å². The van der Waals surface area contributed by atoms with E-state index >= 15 is 0 Å². The second kappa shape index (κ2) is 8.58. The molecule has 5 nitrogen and oxygen atoms in total. The van der Waals surface area contributed by atoms with Crippen molar-refractivity contribution in [1.82, 2.24) is 5.32 Å². The average molecular weight is 289 g/mol. The number of nitriles is 2. The van der Waals surface area contributed by atoms with Gasteiger partial charge in [0.15, 0.2) is 0 Å². The molecule has 0 aliphatic carbocycles. The van der Waals surface area contributed by atoms with Crippen molar-refractivity contribution in [1.29, 1.82) is 10.5 Å². The maximum absolute atomic E-state index is 11.6. The second-order valence-corrected chi connectivity index (χ2v) is 4.18. The molecule has 20 heavy (non-hydrogen) atoms. The van der Waals surface area contributed by atoms with Crippen LogP contribution in [-0.4, -0.2) is 18.3 Å². The third kappa shape index (κ3) is 5.01. The fourth-order valence-electron chi connectivity index (χ4n) is 1.31. The molecule has 1 aromatic carbocycles. The lowest BCUT2D eigenvalue weighted by atomic mass is 10.2. The van der Waals surface area contributed by atoms with Gasteiger partial charge < -0.3 is 10.6 Å². The molecule has 0 aromatic heterocycles. The zero-order valence-electron chi connectivity index (χ0n) is 10.7. The first kappa shape index (κ1) is 15.6. The first-order chi connectivity index (χ1) is 9.71. The van der Waals surface area contributed by atoms with Crippen molar-refractivity contribution >= 4 is 23.2 Å². The van der Waals surface area contributed by atoms with Gasteiger partial charge in [0, 0.05) is 24.3 Å². The van der Waals surface area contributed by atoms with Crippen LogP contribution in [0.2, 0.25) is 0 Å². The predicted octanol–water partition coefficient (Wildman–Crippen LogP) is 2.12. The van der Waals surface area contributed by atoms with Crippen molar-refractivity contribution in [2.75, 3.05) is 17.7 Å². The summed E-state index contributed by atoms with van der Waals surface area (Å²) in [5.41, 5.74) is 1.20. The quantitative estimate of drug-likeness (QED) is 0.363. The van der Waals surface area contributed by atoms with Crippen LogP contribution in [-0.2, 0) is 4.79 Å². The Kier molecular flexibility index (Phi) is 6.67. The molecule has 1 aromatic rings. The molecule has 1 rings (SSSR count). The van der Waals surface area contributed by atoms with Crippen LogP contribution in [0.4, 0.5) is 5.69 Å². The smallest absolute Gasteiger partial charge is 0.263 e. The molecule has 0 atom stereocenters. The minimum Gasteiger partial charge on any atom is -0.360 e. The first-order valence-corrected chi connectivity index (χ1v) is 6.46. The van der Waals surface area contributed by atoms with Crippen molar-refractivity contribution in [2.24, 2.45) is 0 Å². The average Bonchev–Trinajstić information content (AvgIpc) is 2.49. The van der Waals surface area contributed by atoms with Gasteiger partial charge in [0.1, 0.15) is 11.6 Å². The van der Waals surface area contributed by atoms with E-state index in [0.717, 1.165) is 0 Å². The molecule has 1 amide bonds. The molecule has 0 saturated carbocycles. The monoisotopic (exact) mass is 288 g/mol. The normalized spacial score (nSPS) is 10.2. The van der Waals surface area contributed by atoms with E-state index in [-0.39, 0.29) is 5.57 Å². The zero-order valence-corrected chi connectivity index (χ0v) is 11.4. The zero-order chi connectivity index (χ0) is 14.8. The minimum atomic E-state index is -0.446. The number of halogens is 1. The van der Waals surface area contributed by atoms with E-state index in [1.54, 1.807) is 24.3 Å². The summed E-state index contributed by atoms with van der Waals surface area (Å²) < 4.78 is 0. The van der Waals surface area contributed by atoms with Gasteiger partial charge in [0.05, 0.1) is 11.6 Å². The number of hydrogen-bond donors (Lipinski definition) is 2. The van der Waals surface area contributed by atoms with Crippen molar-refractivity contribution < 1.29 is 4.79 Å². The van der Waals surface area contributed by atoms with Crippen LogP contribution < -0.4 is 10.6 Å². The number of rotatable bonds is 6. The predicted molar refractivity (Wildman–Crippen MR) is 76.8 cm³/mol. The maximum Gasteiger partial charge on any atom is 0.263 e. The molecule has 0 fully saturated rings. The molecule has 0 aliphatic heterocycles. The van der Waals surface area contributed by atoms with Gasteiger partial charge in [0.25, 0.3) is 5.91 Å². The Hall–Kier alpha value is -2.50. The Balaban J connectivity index is 2.63. The Labute approximate surface area is 122 Å². The summed E-state index contributed by atoms with van der Waals surface area (Å²) in [6.07, 6.45) is 1.98. The van der Waals surface area contributed by atoms with Gasteiger partial charge in [-0.05, 0) is 30.7 Å². The summed E-state index contributed by atoms with van der Waals surface area (Å²) in [4.78, 5) is 11.6. The summed E-state index contributed by atoms with van der Waals surface area (Å²) >= 11 is 5.50. The van der Waals surface area contributed by atoms with E-state index in [4.69, 9.17) is 22.1 Å². The summed E-state index contributed by atoms with van der Waals surface area (Å²) in [7, 11) is 0. The Morgan fingerprint density at radius 1 is 1.30 bits per heavy atom. The summed E-state index contributed by atoms with van der Waals surface area (Å²) in [5.74, 6) is 0.00815. The van der Waals surface area contributed by atoms with Crippen molar-refractivity contribution in [3.63, 3.8) is 0 Å². The van der Waals surface area contributed by atoms with Crippen LogP contribution in [0.1, 0.15) is 12.0 Å². The number of nitrogens with zero attached hydrogens (tertiary/aromatic N) is 2. The number of anilines is 1. The van der Waals surface area contributed by atoms with Crippen LogP contribution in [0.15, 0.2) is 36.0 Å². The topological polar surface area (TPSA) is 88.7 Å². The van der Waals surface area contributed by atoms with Crippen LogP contribution in [0, 0.1) is 22.7 Å². The van der Waals surface area contributed by atoms with Gasteiger partial charge in [-0.15, -0.1) is 11.6 Å². The standard InChI is InChI=1S/C14H13ClN4O/c15-6-1-7-18-14(20)12(9-17)10-19-13-4-2-11(8-16)3-5-13/h2-5,10,19H,1,6-7H2,(H,18,20)/b12-10-. The third-order valence-electron chi connectivity index (χ3n) is 2.36. The van der Waals surface area contributed by atoms with E-state index in [1.807, 2.05) is 12.1 Å². The Bertz CT molecular complexity index is 566. The highest BCUT2D eigenvalue weighted by Crippen LogP contribution is 2.09. The molecule has 0 aliphatic rings. The molecule has 0 radical (unpaired) electrons. The maximum atomic E-state index is 11.6. The van der Waals surface area contributed by atoms with Gasteiger partial charge in [-0.1, -0.05) is 0 Å². The molecule has 0 bridgehead atoms. The van der Waals surface area contributed by atoms with Crippen molar-refractivity contribution in [2.45, 2.75) is 6.42 Å². The first-order valence-electron chi connectivity index (χ1n) is 5.92. The van der Waals surface area contributed by atoms with Gasteiger partial charge in [-0.3, -0.25) is 4.79 Å². The van der Waals surface area contributed by atoms with E-state index in [0.29, 0.717) is 30.1 Å². The largest absolute Gasteiger partial charge is 0.360 e. The number of hydrogen-bond acceptors (Lipinski definition) is 4. The van der Waals surface area contributed by atoms with E-state index in [1.165, 1.54) is 6.20 Å².